The van der Waals surface area contributed by atoms with E-state index in [9.17, 15) is 0 Å². The molecule has 0 bridgehead atoms. The lowest BCUT2D eigenvalue weighted by atomic mass is 10.1. The first-order valence-corrected chi connectivity index (χ1v) is 10.3. The summed E-state index contributed by atoms with van der Waals surface area (Å²) in [5.74, 6) is 0.822. The predicted molar refractivity (Wildman–Crippen MR) is 133 cm³/mol. The Morgan fingerprint density at radius 3 is 2.33 bits per heavy atom. The Hall–Kier alpha value is -1.62. The molecule has 0 aliphatic rings. The van der Waals surface area contributed by atoms with Gasteiger partial charge in [-0.25, -0.2) is 4.99 Å². The summed E-state index contributed by atoms with van der Waals surface area (Å²) in [6.45, 7) is 15.4. The molecular formula is C21H38IN7O. The quantitative estimate of drug-likeness (QED) is 0.296. The van der Waals surface area contributed by atoms with Crippen molar-refractivity contribution in [3.63, 3.8) is 0 Å². The first-order valence-electron chi connectivity index (χ1n) is 10.3. The van der Waals surface area contributed by atoms with Gasteiger partial charge in [-0.1, -0.05) is 0 Å². The highest BCUT2D eigenvalue weighted by molar-refractivity contribution is 14.0. The maximum Gasteiger partial charge on any atom is 0.191 e. The Morgan fingerprint density at radius 1 is 1.10 bits per heavy atom. The van der Waals surface area contributed by atoms with Gasteiger partial charge >= 0.3 is 0 Å². The molecule has 0 aromatic carbocycles. The first kappa shape index (κ1) is 26.4. The molecule has 2 N–H and O–H groups in total. The summed E-state index contributed by atoms with van der Waals surface area (Å²) in [6.07, 6.45) is 0.906. The summed E-state index contributed by atoms with van der Waals surface area (Å²) < 4.78 is 9.12. The molecule has 2 heterocycles. The van der Waals surface area contributed by atoms with E-state index in [2.05, 4.69) is 55.4 Å². The van der Waals surface area contributed by atoms with Crippen LogP contribution in [-0.4, -0.2) is 51.8 Å². The van der Waals surface area contributed by atoms with Gasteiger partial charge in [0, 0.05) is 43.7 Å². The van der Waals surface area contributed by atoms with Crippen molar-refractivity contribution >= 4 is 29.9 Å². The number of hydrogen-bond donors (Lipinski definition) is 2. The molecule has 2 rings (SSSR count). The molecule has 1 unspecified atom stereocenters. The lowest BCUT2D eigenvalue weighted by molar-refractivity contribution is 0.182. The molecule has 0 aliphatic heterocycles. The highest BCUT2D eigenvalue weighted by Gasteiger charge is 2.15. The number of nitrogens with one attached hydrogen (secondary N) is 2. The van der Waals surface area contributed by atoms with Gasteiger partial charge in [-0.05, 0) is 53.5 Å². The molecule has 0 saturated carbocycles. The average molecular weight is 531 g/mol. The molecule has 1 atom stereocenters. The van der Waals surface area contributed by atoms with Crippen LogP contribution in [0.3, 0.4) is 0 Å². The highest BCUT2D eigenvalue weighted by Crippen LogP contribution is 2.15. The topological polar surface area (TPSA) is 81.3 Å². The lowest BCUT2D eigenvalue weighted by Crippen LogP contribution is -2.43. The van der Waals surface area contributed by atoms with Gasteiger partial charge in [0.1, 0.15) is 0 Å². The number of aliphatic imine (C=N–C) groups is 1. The van der Waals surface area contributed by atoms with Crippen LogP contribution in [0.1, 0.15) is 47.8 Å². The van der Waals surface area contributed by atoms with Crippen molar-refractivity contribution in [1.29, 1.82) is 0 Å². The van der Waals surface area contributed by atoms with E-state index >= 15 is 0 Å². The Balaban J connectivity index is 0.00000450. The molecular weight excluding hydrogens is 493 g/mol. The molecule has 0 radical (unpaired) electrons. The number of aryl methyl sites for hydroxylation is 3. The summed E-state index contributed by atoms with van der Waals surface area (Å²) in [5, 5.41) is 16.0. The Morgan fingerprint density at radius 2 is 1.77 bits per heavy atom. The Kier molecular flexibility index (Phi) is 10.8. The third-order valence-corrected chi connectivity index (χ3v) is 5.33. The van der Waals surface area contributed by atoms with Crippen molar-refractivity contribution in [1.82, 2.24) is 30.2 Å². The molecule has 8 nitrogen and oxygen atoms in total. The summed E-state index contributed by atoms with van der Waals surface area (Å²) >= 11 is 0. The maximum atomic E-state index is 5.18. The normalized spacial score (nSPS) is 12.6. The fourth-order valence-corrected chi connectivity index (χ4v) is 3.54. The zero-order valence-electron chi connectivity index (χ0n) is 19.7. The minimum Gasteiger partial charge on any atom is -0.383 e. The van der Waals surface area contributed by atoms with Crippen LogP contribution < -0.4 is 10.6 Å². The molecule has 0 amide bonds. The van der Waals surface area contributed by atoms with E-state index in [-0.39, 0.29) is 30.0 Å². The van der Waals surface area contributed by atoms with Crippen molar-refractivity contribution in [2.24, 2.45) is 12.0 Å². The summed E-state index contributed by atoms with van der Waals surface area (Å²) in [5.41, 5.74) is 6.95. The first-order chi connectivity index (χ1) is 13.8. The third-order valence-electron chi connectivity index (χ3n) is 5.33. The molecule has 0 fully saturated rings. The van der Waals surface area contributed by atoms with Gasteiger partial charge in [-0.2, -0.15) is 10.2 Å². The SMILES string of the molecule is CCNC(=NCc1c(C)nn(CCOC)c1C)NC(C)Cc1c(C)nn(C)c1C.I. The van der Waals surface area contributed by atoms with Crippen molar-refractivity contribution in [3.8, 4) is 0 Å². The van der Waals surface area contributed by atoms with Gasteiger partial charge < -0.3 is 15.4 Å². The van der Waals surface area contributed by atoms with Crippen LogP contribution in [0.5, 0.6) is 0 Å². The second-order valence-corrected chi connectivity index (χ2v) is 7.58. The molecule has 0 aliphatic carbocycles. The minimum absolute atomic E-state index is 0. The molecule has 30 heavy (non-hydrogen) atoms. The van der Waals surface area contributed by atoms with Crippen molar-refractivity contribution < 1.29 is 4.74 Å². The molecule has 2 aromatic rings. The van der Waals surface area contributed by atoms with Crippen LogP contribution in [0.2, 0.25) is 0 Å². The number of ether oxygens (including phenoxy) is 1. The standard InChI is InChI=1S/C21H37N7O.HI/c1-9-22-21(24-14(2)12-19-15(3)25-27(7)17(19)5)23-13-20-16(4)26-28(18(20)6)10-11-29-8;/h14H,9-13H2,1-8H3,(H2,22,23,24);1H. The molecule has 2 aromatic heterocycles. The largest absolute Gasteiger partial charge is 0.383 e. The summed E-state index contributed by atoms with van der Waals surface area (Å²) in [4.78, 5) is 4.82. The number of hydrogen-bond acceptors (Lipinski definition) is 4. The fourth-order valence-electron chi connectivity index (χ4n) is 3.54. The zero-order chi connectivity index (χ0) is 21.6. The zero-order valence-corrected chi connectivity index (χ0v) is 22.0. The van der Waals surface area contributed by atoms with E-state index < -0.39 is 0 Å². The Labute approximate surface area is 197 Å². The van der Waals surface area contributed by atoms with Gasteiger partial charge in [-0.3, -0.25) is 9.36 Å². The number of aromatic nitrogens is 4. The van der Waals surface area contributed by atoms with Gasteiger partial charge in [0.05, 0.1) is 31.1 Å². The van der Waals surface area contributed by atoms with E-state index in [1.54, 1.807) is 7.11 Å². The second-order valence-electron chi connectivity index (χ2n) is 7.58. The number of nitrogens with zero attached hydrogens (tertiary/aromatic N) is 5. The van der Waals surface area contributed by atoms with Crippen LogP contribution in [0.4, 0.5) is 0 Å². The summed E-state index contributed by atoms with van der Waals surface area (Å²) in [6, 6.07) is 0.237. The Bertz CT molecular complexity index is 841. The molecule has 0 saturated heterocycles. The van der Waals surface area contributed by atoms with Crippen LogP contribution in [0, 0.1) is 27.7 Å². The monoisotopic (exact) mass is 531 g/mol. The minimum atomic E-state index is 0. The summed E-state index contributed by atoms with van der Waals surface area (Å²) in [7, 11) is 3.70. The van der Waals surface area contributed by atoms with Crippen LogP contribution in [0.25, 0.3) is 0 Å². The van der Waals surface area contributed by atoms with Crippen molar-refractivity contribution in [2.45, 2.75) is 67.1 Å². The van der Waals surface area contributed by atoms with E-state index in [0.717, 1.165) is 42.6 Å². The van der Waals surface area contributed by atoms with Gasteiger partial charge in [0.2, 0.25) is 0 Å². The smallest absolute Gasteiger partial charge is 0.191 e. The second kappa shape index (κ2) is 12.3. The van der Waals surface area contributed by atoms with E-state index in [1.165, 1.54) is 16.8 Å². The molecule has 9 heteroatoms. The van der Waals surface area contributed by atoms with E-state index in [0.29, 0.717) is 13.2 Å². The number of methoxy groups -OCH3 is 1. The average Bonchev–Trinajstić information content (AvgIpc) is 3.07. The van der Waals surface area contributed by atoms with Crippen LogP contribution in [-0.2, 0) is 31.3 Å². The number of rotatable bonds is 9. The fraction of sp³-hybridized carbons (Fsp3) is 0.667. The van der Waals surface area contributed by atoms with Crippen LogP contribution >= 0.6 is 24.0 Å². The lowest BCUT2D eigenvalue weighted by Gasteiger charge is -2.18. The van der Waals surface area contributed by atoms with Crippen LogP contribution in [0.15, 0.2) is 4.99 Å². The van der Waals surface area contributed by atoms with Crippen molar-refractivity contribution in [2.75, 3.05) is 20.3 Å². The third kappa shape index (κ3) is 6.69. The van der Waals surface area contributed by atoms with Gasteiger partial charge in [0.25, 0.3) is 0 Å². The van der Waals surface area contributed by atoms with Crippen molar-refractivity contribution in [3.05, 3.63) is 33.9 Å². The highest BCUT2D eigenvalue weighted by atomic mass is 127. The van der Waals surface area contributed by atoms with E-state index in [4.69, 9.17) is 9.73 Å². The predicted octanol–water partition coefficient (Wildman–Crippen LogP) is 2.80. The molecule has 170 valence electrons. The van der Waals surface area contributed by atoms with Gasteiger partial charge in [-0.15, -0.1) is 24.0 Å². The maximum absolute atomic E-state index is 5.18. The van der Waals surface area contributed by atoms with E-state index in [1.807, 2.05) is 23.3 Å². The number of halogens is 1. The van der Waals surface area contributed by atoms with Gasteiger partial charge in [0.15, 0.2) is 5.96 Å². The number of guanidine groups is 1. The molecule has 0 spiro atoms.